The maximum absolute atomic E-state index is 12.0. The predicted molar refractivity (Wildman–Crippen MR) is 65.6 cm³/mol. The van der Waals surface area contributed by atoms with Crippen LogP contribution in [-0.4, -0.2) is 23.7 Å². The number of hydrogen-bond acceptors (Lipinski definition) is 2. The summed E-state index contributed by atoms with van der Waals surface area (Å²) in [5.41, 5.74) is 2.29. The van der Waals surface area contributed by atoms with Crippen molar-refractivity contribution in [2.24, 2.45) is 0 Å². The van der Waals surface area contributed by atoms with E-state index in [9.17, 15) is 4.79 Å². The van der Waals surface area contributed by atoms with Crippen LogP contribution < -0.4 is 5.32 Å². The van der Waals surface area contributed by atoms with Crippen molar-refractivity contribution >= 4 is 5.91 Å². The normalized spacial score (nSPS) is 13.8. The molecule has 0 bridgehead atoms. The molecule has 0 aliphatic heterocycles. The van der Waals surface area contributed by atoms with E-state index in [1.54, 1.807) is 0 Å². The molecular weight excluding hydrogens is 214 g/mol. The number of aliphatic hydroxyl groups is 1. The predicted octanol–water partition coefficient (Wildman–Crippen LogP) is 1.23. The second kappa shape index (κ2) is 5.03. The van der Waals surface area contributed by atoms with Gasteiger partial charge in [0.1, 0.15) is 6.61 Å². The standard InChI is InChI=1S/C14H15NO2/c1-10-4-5-11(3-2-8-16)13(9-10)14(17)15-12-6-7-12/h4-5,9,12,16H,6-8H2,1H3,(H,15,17). The van der Waals surface area contributed by atoms with Crippen LogP contribution in [0.4, 0.5) is 0 Å². The first kappa shape index (κ1) is 11.7. The molecule has 0 aromatic heterocycles. The second-order valence-corrected chi connectivity index (χ2v) is 4.26. The Morgan fingerprint density at radius 1 is 1.53 bits per heavy atom. The van der Waals surface area contributed by atoms with E-state index >= 15 is 0 Å². The monoisotopic (exact) mass is 229 g/mol. The first-order valence-corrected chi connectivity index (χ1v) is 5.72. The Bertz CT molecular complexity index is 493. The number of nitrogens with one attached hydrogen (secondary N) is 1. The molecule has 0 radical (unpaired) electrons. The van der Waals surface area contributed by atoms with Crippen LogP contribution in [-0.2, 0) is 0 Å². The Hall–Kier alpha value is -1.79. The summed E-state index contributed by atoms with van der Waals surface area (Å²) in [6.45, 7) is 1.74. The van der Waals surface area contributed by atoms with Crippen molar-refractivity contribution in [3.05, 3.63) is 34.9 Å². The molecule has 0 saturated heterocycles. The lowest BCUT2D eigenvalue weighted by atomic mass is 10.0. The van der Waals surface area contributed by atoms with Crippen LogP contribution in [0.5, 0.6) is 0 Å². The number of rotatable bonds is 2. The first-order chi connectivity index (χ1) is 8.20. The summed E-state index contributed by atoms with van der Waals surface area (Å²) < 4.78 is 0. The molecule has 2 rings (SSSR count). The van der Waals surface area contributed by atoms with E-state index in [1.165, 1.54) is 0 Å². The van der Waals surface area contributed by atoms with E-state index in [-0.39, 0.29) is 12.5 Å². The molecule has 1 aliphatic rings. The summed E-state index contributed by atoms with van der Waals surface area (Å²) >= 11 is 0. The summed E-state index contributed by atoms with van der Waals surface area (Å²) in [5, 5.41) is 11.6. The van der Waals surface area contributed by atoms with Crippen molar-refractivity contribution < 1.29 is 9.90 Å². The quantitative estimate of drug-likeness (QED) is 0.749. The van der Waals surface area contributed by atoms with Gasteiger partial charge in [0, 0.05) is 11.6 Å². The van der Waals surface area contributed by atoms with Gasteiger partial charge in [-0.3, -0.25) is 4.79 Å². The third-order valence-corrected chi connectivity index (χ3v) is 2.63. The van der Waals surface area contributed by atoms with Crippen molar-refractivity contribution in [2.75, 3.05) is 6.61 Å². The topological polar surface area (TPSA) is 49.3 Å². The van der Waals surface area contributed by atoms with Gasteiger partial charge in [0.25, 0.3) is 5.91 Å². The van der Waals surface area contributed by atoms with Crippen LogP contribution in [0.15, 0.2) is 18.2 Å². The fraction of sp³-hybridized carbons (Fsp3) is 0.357. The van der Waals surface area contributed by atoms with Crippen LogP contribution in [0.1, 0.15) is 34.3 Å². The highest BCUT2D eigenvalue weighted by molar-refractivity contribution is 5.97. The van der Waals surface area contributed by atoms with Crippen LogP contribution in [0.2, 0.25) is 0 Å². The molecule has 1 saturated carbocycles. The average Bonchev–Trinajstić information content (AvgIpc) is 3.11. The van der Waals surface area contributed by atoms with Gasteiger partial charge in [-0.25, -0.2) is 0 Å². The number of benzene rings is 1. The Morgan fingerprint density at radius 2 is 2.29 bits per heavy atom. The Kier molecular flexibility index (Phi) is 3.46. The third kappa shape index (κ3) is 3.08. The molecule has 1 aliphatic carbocycles. The molecule has 0 unspecified atom stereocenters. The SMILES string of the molecule is Cc1ccc(C#CCO)c(C(=O)NC2CC2)c1. The lowest BCUT2D eigenvalue weighted by Crippen LogP contribution is -2.26. The smallest absolute Gasteiger partial charge is 0.252 e. The molecule has 1 aromatic carbocycles. The van der Waals surface area contributed by atoms with Gasteiger partial charge in [-0.15, -0.1) is 0 Å². The molecule has 1 amide bonds. The van der Waals surface area contributed by atoms with Crippen molar-refractivity contribution in [3.8, 4) is 11.8 Å². The van der Waals surface area contributed by atoms with Gasteiger partial charge in [0.05, 0.1) is 5.56 Å². The Balaban J connectivity index is 2.27. The minimum atomic E-state index is -0.197. The highest BCUT2D eigenvalue weighted by Crippen LogP contribution is 2.20. The molecular formula is C14H15NO2. The zero-order valence-corrected chi connectivity index (χ0v) is 9.79. The fourth-order valence-corrected chi connectivity index (χ4v) is 1.58. The Labute approximate surface area is 101 Å². The molecule has 17 heavy (non-hydrogen) atoms. The van der Waals surface area contributed by atoms with Gasteiger partial charge >= 0.3 is 0 Å². The Morgan fingerprint density at radius 3 is 2.94 bits per heavy atom. The van der Waals surface area contributed by atoms with E-state index < -0.39 is 0 Å². The van der Waals surface area contributed by atoms with Crippen molar-refractivity contribution in [2.45, 2.75) is 25.8 Å². The summed E-state index contributed by atoms with van der Waals surface area (Å²) in [6, 6.07) is 5.90. The highest BCUT2D eigenvalue weighted by atomic mass is 16.2. The van der Waals surface area contributed by atoms with Gasteiger partial charge in [0.2, 0.25) is 0 Å². The third-order valence-electron chi connectivity index (χ3n) is 2.63. The van der Waals surface area contributed by atoms with E-state index in [4.69, 9.17) is 5.11 Å². The maximum Gasteiger partial charge on any atom is 0.252 e. The van der Waals surface area contributed by atoms with Crippen molar-refractivity contribution in [1.82, 2.24) is 5.32 Å². The fourth-order valence-electron chi connectivity index (χ4n) is 1.58. The molecule has 3 nitrogen and oxygen atoms in total. The molecule has 88 valence electrons. The van der Waals surface area contributed by atoms with Gasteiger partial charge in [-0.05, 0) is 31.9 Å². The highest BCUT2D eigenvalue weighted by Gasteiger charge is 2.24. The minimum Gasteiger partial charge on any atom is -0.384 e. The summed E-state index contributed by atoms with van der Waals surface area (Å²) in [6.07, 6.45) is 2.13. The maximum atomic E-state index is 12.0. The van der Waals surface area contributed by atoms with Crippen LogP contribution in [0.3, 0.4) is 0 Å². The van der Waals surface area contributed by atoms with Crippen molar-refractivity contribution in [3.63, 3.8) is 0 Å². The average molecular weight is 229 g/mol. The number of amides is 1. The van der Waals surface area contributed by atoms with Gasteiger partial charge in [0.15, 0.2) is 0 Å². The molecule has 1 fully saturated rings. The molecule has 3 heteroatoms. The zero-order valence-electron chi connectivity index (χ0n) is 9.79. The van der Waals surface area contributed by atoms with E-state index in [0.717, 1.165) is 18.4 Å². The van der Waals surface area contributed by atoms with Gasteiger partial charge < -0.3 is 10.4 Å². The number of aliphatic hydroxyl groups excluding tert-OH is 1. The lowest BCUT2D eigenvalue weighted by Gasteiger charge is -2.06. The van der Waals surface area contributed by atoms with Gasteiger partial charge in [-0.1, -0.05) is 23.5 Å². The number of hydrogen-bond donors (Lipinski definition) is 2. The van der Waals surface area contributed by atoms with E-state index in [1.807, 2.05) is 25.1 Å². The van der Waals surface area contributed by atoms with Gasteiger partial charge in [-0.2, -0.15) is 0 Å². The van der Waals surface area contributed by atoms with Crippen LogP contribution in [0.25, 0.3) is 0 Å². The number of carbonyl (C=O) groups excluding carboxylic acids is 1. The summed E-state index contributed by atoms with van der Waals surface area (Å²) in [4.78, 5) is 12.0. The van der Waals surface area contributed by atoms with E-state index in [2.05, 4.69) is 17.2 Å². The number of aryl methyl sites for hydroxylation is 1. The molecule has 2 N–H and O–H groups in total. The summed E-state index contributed by atoms with van der Waals surface area (Å²) in [7, 11) is 0. The van der Waals surface area contributed by atoms with Crippen molar-refractivity contribution in [1.29, 1.82) is 0 Å². The molecule has 1 aromatic rings. The number of carbonyl (C=O) groups is 1. The molecule has 0 spiro atoms. The van der Waals surface area contributed by atoms with Crippen LogP contribution >= 0.6 is 0 Å². The molecule has 0 atom stereocenters. The van der Waals surface area contributed by atoms with E-state index in [0.29, 0.717) is 17.2 Å². The lowest BCUT2D eigenvalue weighted by molar-refractivity contribution is 0.0950. The first-order valence-electron chi connectivity index (χ1n) is 5.72. The second-order valence-electron chi connectivity index (χ2n) is 4.26. The molecule has 0 heterocycles. The minimum absolute atomic E-state index is 0.0709. The summed E-state index contributed by atoms with van der Waals surface area (Å²) in [5.74, 6) is 5.31. The largest absolute Gasteiger partial charge is 0.384 e. The van der Waals surface area contributed by atoms with Crippen LogP contribution in [0, 0.1) is 18.8 Å². The zero-order chi connectivity index (χ0) is 12.3.